The number of hydrogen-bond acceptors (Lipinski definition) is 8. The van der Waals surface area contributed by atoms with E-state index in [2.05, 4.69) is 155 Å². The van der Waals surface area contributed by atoms with Gasteiger partial charge in [-0.2, -0.15) is 0 Å². The van der Waals surface area contributed by atoms with Crippen molar-refractivity contribution in [2.24, 2.45) is 0 Å². The molecule has 0 atom stereocenters. The first-order valence-electron chi connectivity index (χ1n) is 21.9. The Kier molecular flexibility index (Phi) is 19.2. The third-order valence-electron chi connectivity index (χ3n) is 11.1. The fourth-order valence-corrected chi connectivity index (χ4v) is 17.6. The Bertz CT molecular complexity index is 2090. The van der Waals surface area contributed by atoms with Gasteiger partial charge in [0, 0.05) is 27.7 Å². The van der Waals surface area contributed by atoms with Crippen LogP contribution >= 0.6 is 116 Å². The summed E-state index contributed by atoms with van der Waals surface area (Å²) in [4.78, 5) is 13.4. The molecule has 0 saturated carbocycles. The monoisotopic (exact) mass is 1110 g/mol. The SMILES string of the molecule is CCCCCCCCCCCCSC1=C(SCCCCCCCCCCCC)SC(=C2Sc3cc4nc5c6cc(I)ccc6c6ccc(I)cc6c5nc4cc3S2)S1. The maximum atomic E-state index is 5.38. The molecule has 4 aromatic carbocycles. The molecule has 310 valence electrons. The van der Waals surface area contributed by atoms with E-state index in [4.69, 9.17) is 9.97 Å². The summed E-state index contributed by atoms with van der Waals surface area (Å²) >= 11 is 17.1. The highest BCUT2D eigenvalue weighted by molar-refractivity contribution is 14.1. The topological polar surface area (TPSA) is 25.8 Å². The second-order valence-electron chi connectivity index (χ2n) is 15.7. The largest absolute Gasteiger partial charge is 0.244 e. The van der Waals surface area contributed by atoms with Gasteiger partial charge in [-0.3, -0.25) is 0 Å². The minimum Gasteiger partial charge on any atom is -0.244 e. The standard InChI is InChI=1S/C48H58I2N2S6/c1-3-5-7-9-11-13-15-17-19-21-27-53-45-46(54-28-22-20-18-16-14-12-10-8-6-4-2)58-48(57-45)47-55-41-31-39-40(32-42(41)56-47)52-44-38-30-34(50)24-26-36(38)35-25-23-33(49)29-37(35)43(44)51-39/h23-26,29-32H,3-22,27-28H2,1-2H3. The summed E-state index contributed by atoms with van der Waals surface area (Å²) in [7, 11) is 0. The molecule has 0 spiro atoms. The lowest BCUT2D eigenvalue weighted by molar-refractivity contribution is 0.563. The van der Waals surface area contributed by atoms with E-state index in [0.717, 1.165) is 22.1 Å². The number of aromatic nitrogens is 2. The Hall–Kier alpha value is 0.0400. The fraction of sp³-hybridized carbons (Fsp3) is 0.500. The van der Waals surface area contributed by atoms with Crippen molar-refractivity contribution in [2.45, 2.75) is 152 Å². The fourth-order valence-electron chi connectivity index (χ4n) is 7.84. The maximum Gasteiger partial charge on any atom is 0.0979 e. The van der Waals surface area contributed by atoms with Gasteiger partial charge >= 0.3 is 0 Å². The molecule has 0 bridgehead atoms. The highest BCUT2D eigenvalue weighted by Crippen LogP contribution is 2.64. The molecular formula is C48H58I2N2S6. The van der Waals surface area contributed by atoms with Crippen molar-refractivity contribution in [3.8, 4) is 0 Å². The third-order valence-corrected chi connectivity index (χ3v) is 21.1. The van der Waals surface area contributed by atoms with Crippen LogP contribution in [0.4, 0.5) is 0 Å². The Balaban J connectivity index is 1.01. The highest BCUT2D eigenvalue weighted by Gasteiger charge is 2.30. The molecule has 0 unspecified atom stereocenters. The van der Waals surface area contributed by atoms with Crippen molar-refractivity contribution in [2.75, 3.05) is 11.5 Å². The number of thioether (sulfide) groups is 6. The van der Waals surface area contributed by atoms with Crippen LogP contribution in [-0.4, -0.2) is 21.5 Å². The van der Waals surface area contributed by atoms with Gasteiger partial charge in [0.2, 0.25) is 0 Å². The average Bonchev–Trinajstić information content (AvgIpc) is 3.84. The van der Waals surface area contributed by atoms with E-state index in [9.17, 15) is 0 Å². The summed E-state index contributed by atoms with van der Waals surface area (Å²) in [5, 5.41) is 4.87. The molecule has 2 aliphatic heterocycles. The van der Waals surface area contributed by atoms with Crippen molar-refractivity contribution in [1.29, 1.82) is 0 Å². The van der Waals surface area contributed by atoms with Crippen LogP contribution < -0.4 is 0 Å². The minimum atomic E-state index is 0.987. The molecule has 2 nitrogen and oxygen atoms in total. The number of fused-ring (bicyclic) bond motifs is 8. The zero-order chi connectivity index (χ0) is 40.1. The predicted octanol–water partition coefficient (Wildman–Crippen LogP) is 19.5. The molecule has 0 aliphatic carbocycles. The Labute approximate surface area is 401 Å². The first-order valence-corrected chi connectivity index (χ1v) is 29.3. The van der Waals surface area contributed by atoms with Gasteiger partial charge < -0.3 is 0 Å². The summed E-state index contributed by atoms with van der Waals surface area (Å²) in [5.74, 6) is 2.48. The van der Waals surface area contributed by atoms with Gasteiger partial charge in [-0.15, -0.1) is 23.5 Å². The van der Waals surface area contributed by atoms with Crippen LogP contribution in [0.15, 0.2) is 75.3 Å². The van der Waals surface area contributed by atoms with E-state index in [-0.39, 0.29) is 0 Å². The quantitative estimate of drug-likeness (QED) is 0.0261. The molecule has 7 rings (SSSR count). The predicted molar refractivity (Wildman–Crippen MR) is 287 cm³/mol. The molecule has 58 heavy (non-hydrogen) atoms. The van der Waals surface area contributed by atoms with Crippen molar-refractivity contribution in [1.82, 2.24) is 9.97 Å². The van der Waals surface area contributed by atoms with E-state index >= 15 is 0 Å². The number of unbranched alkanes of at least 4 members (excludes halogenated alkanes) is 18. The van der Waals surface area contributed by atoms with Gasteiger partial charge in [0.05, 0.1) is 39.0 Å². The Morgan fingerprint density at radius 1 is 0.431 bits per heavy atom. The van der Waals surface area contributed by atoms with Crippen LogP contribution in [0.2, 0.25) is 0 Å². The minimum absolute atomic E-state index is 0.987. The first kappa shape index (κ1) is 46.0. The lowest BCUT2D eigenvalue weighted by Gasteiger charge is -2.11. The number of benzene rings is 4. The average molecular weight is 1110 g/mol. The Morgan fingerprint density at radius 3 is 1.19 bits per heavy atom. The first-order chi connectivity index (χ1) is 28.5. The molecule has 10 heteroatoms. The van der Waals surface area contributed by atoms with Gasteiger partial charge in [-0.05, 0) is 117 Å². The van der Waals surface area contributed by atoms with Crippen LogP contribution in [0.25, 0.3) is 43.6 Å². The second-order valence-corrected chi connectivity index (χ2v) is 25.6. The number of hydrogen-bond donors (Lipinski definition) is 0. The molecule has 0 fully saturated rings. The molecule has 0 amide bonds. The summed E-state index contributed by atoms with van der Waals surface area (Å²) in [6, 6.07) is 18.1. The van der Waals surface area contributed by atoms with Crippen LogP contribution in [-0.2, 0) is 0 Å². The van der Waals surface area contributed by atoms with Crippen molar-refractivity contribution >= 4 is 159 Å². The lowest BCUT2D eigenvalue weighted by atomic mass is 9.99. The highest BCUT2D eigenvalue weighted by atomic mass is 127. The van der Waals surface area contributed by atoms with E-state index in [1.807, 2.05) is 23.5 Å². The van der Waals surface area contributed by atoms with Crippen molar-refractivity contribution in [3.05, 3.63) is 72.6 Å². The summed E-state index contributed by atoms with van der Waals surface area (Å²) in [5.41, 5.74) is 3.98. The van der Waals surface area contributed by atoms with E-state index in [1.54, 1.807) is 8.47 Å². The van der Waals surface area contributed by atoms with Crippen LogP contribution in [0.1, 0.15) is 142 Å². The molecule has 0 saturated heterocycles. The Morgan fingerprint density at radius 2 is 0.793 bits per heavy atom. The maximum absolute atomic E-state index is 5.38. The number of halogens is 2. The van der Waals surface area contributed by atoms with Gasteiger partial charge in [-0.25, -0.2) is 9.97 Å². The molecule has 5 aromatic rings. The van der Waals surface area contributed by atoms with E-state index < -0.39 is 0 Å². The summed E-state index contributed by atoms with van der Waals surface area (Å²) < 4.78 is 8.45. The lowest BCUT2D eigenvalue weighted by Crippen LogP contribution is -1.93. The smallest absolute Gasteiger partial charge is 0.0979 e. The third kappa shape index (κ3) is 12.6. The van der Waals surface area contributed by atoms with Gasteiger partial charge in [0.15, 0.2) is 0 Å². The summed E-state index contributed by atoms with van der Waals surface area (Å²) in [6.07, 6.45) is 27.9. The normalized spacial score (nSPS) is 14.4. The van der Waals surface area contributed by atoms with Crippen molar-refractivity contribution < 1.29 is 0 Å². The van der Waals surface area contributed by atoms with Crippen LogP contribution in [0.3, 0.4) is 0 Å². The molecule has 3 heterocycles. The molecular weight excluding hydrogens is 1050 g/mol. The zero-order valence-electron chi connectivity index (χ0n) is 34.3. The molecule has 0 radical (unpaired) electrons. The van der Waals surface area contributed by atoms with E-state index in [0.29, 0.717) is 0 Å². The number of nitrogens with zero attached hydrogens (tertiary/aromatic N) is 2. The second kappa shape index (κ2) is 24.2. The zero-order valence-corrected chi connectivity index (χ0v) is 43.5. The van der Waals surface area contributed by atoms with Gasteiger partial charge in [0.25, 0.3) is 0 Å². The number of rotatable bonds is 24. The van der Waals surface area contributed by atoms with Gasteiger partial charge in [-0.1, -0.05) is 189 Å². The molecule has 1 aromatic heterocycles. The molecule has 2 aliphatic rings. The van der Waals surface area contributed by atoms with Crippen LogP contribution in [0, 0.1) is 7.14 Å². The summed E-state index contributed by atoms with van der Waals surface area (Å²) in [6.45, 7) is 4.62. The molecule has 0 N–H and O–H groups in total. The van der Waals surface area contributed by atoms with Gasteiger partial charge in [0.1, 0.15) is 0 Å². The van der Waals surface area contributed by atoms with E-state index in [1.165, 1.54) is 187 Å². The van der Waals surface area contributed by atoms with Crippen molar-refractivity contribution in [3.63, 3.8) is 0 Å². The van der Waals surface area contributed by atoms with Crippen LogP contribution in [0.5, 0.6) is 0 Å².